The van der Waals surface area contributed by atoms with Crippen LogP contribution < -0.4 is 4.90 Å². The van der Waals surface area contributed by atoms with E-state index in [0.717, 1.165) is 58.4 Å². The van der Waals surface area contributed by atoms with E-state index in [-0.39, 0.29) is 0 Å². The number of ether oxygens (including phenoxy) is 1. The molecule has 5 heteroatoms. The van der Waals surface area contributed by atoms with Crippen molar-refractivity contribution in [1.82, 2.24) is 4.90 Å². The second-order valence-electron chi connectivity index (χ2n) is 5.04. The molecule has 1 aliphatic rings. The van der Waals surface area contributed by atoms with Gasteiger partial charge in [0.15, 0.2) is 0 Å². The molecule has 1 aliphatic heterocycles. The SMILES string of the molecule is CCCOCCN1CCN(c2ccc(F)cc2F)CC1. The van der Waals surface area contributed by atoms with Gasteiger partial charge in [0, 0.05) is 45.4 Å². The van der Waals surface area contributed by atoms with Gasteiger partial charge < -0.3 is 9.64 Å². The Kier molecular flexibility index (Phi) is 5.73. The maximum absolute atomic E-state index is 13.7. The molecular formula is C15H22F2N2O. The van der Waals surface area contributed by atoms with Crippen molar-refractivity contribution in [3.8, 4) is 0 Å². The molecule has 0 saturated carbocycles. The minimum atomic E-state index is -0.530. The van der Waals surface area contributed by atoms with E-state index in [0.29, 0.717) is 5.69 Å². The average Bonchev–Trinajstić information content (AvgIpc) is 2.45. The van der Waals surface area contributed by atoms with Crippen LogP contribution in [0.4, 0.5) is 14.5 Å². The van der Waals surface area contributed by atoms with Crippen LogP contribution in [0.2, 0.25) is 0 Å². The van der Waals surface area contributed by atoms with Crippen molar-refractivity contribution in [3.05, 3.63) is 29.8 Å². The first kappa shape index (κ1) is 15.2. The van der Waals surface area contributed by atoms with Crippen molar-refractivity contribution in [2.45, 2.75) is 13.3 Å². The Morgan fingerprint density at radius 3 is 2.50 bits per heavy atom. The van der Waals surface area contributed by atoms with Gasteiger partial charge in [-0.3, -0.25) is 4.90 Å². The quantitative estimate of drug-likeness (QED) is 0.747. The van der Waals surface area contributed by atoms with Crippen LogP contribution in [0, 0.1) is 11.6 Å². The van der Waals surface area contributed by atoms with E-state index in [2.05, 4.69) is 11.8 Å². The molecule has 0 aromatic heterocycles. The molecule has 0 bridgehead atoms. The lowest BCUT2D eigenvalue weighted by Crippen LogP contribution is -2.47. The Morgan fingerprint density at radius 2 is 1.85 bits per heavy atom. The molecule has 0 spiro atoms. The smallest absolute Gasteiger partial charge is 0.149 e. The van der Waals surface area contributed by atoms with Crippen molar-refractivity contribution in [3.63, 3.8) is 0 Å². The van der Waals surface area contributed by atoms with Gasteiger partial charge in [-0.1, -0.05) is 6.92 Å². The molecule has 1 saturated heterocycles. The molecule has 1 fully saturated rings. The number of halogens is 2. The van der Waals surface area contributed by atoms with Crippen molar-refractivity contribution in [1.29, 1.82) is 0 Å². The summed E-state index contributed by atoms with van der Waals surface area (Å²) in [6, 6.07) is 3.77. The molecule has 0 amide bonds. The summed E-state index contributed by atoms with van der Waals surface area (Å²) in [5.74, 6) is -1.01. The van der Waals surface area contributed by atoms with Gasteiger partial charge in [-0.25, -0.2) is 8.78 Å². The van der Waals surface area contributed by atoms with Gasteiger partial charge >= 0.3 is 0 Å². The van der Waals surface area contributed by atoms with Gasteiger partial charge in [-0.05, 0) is 18.6 Å². The highest BCUT2D eigenvalue weighted by Crippen LogP contribution is 2.21. The van der Waals surface area contributed by atoms with Crippen LogP contribution in [0.15, 0.2) is 18.2 Å². The fourth-order valence-electron chi connectivity index (χ4n) is 2.39. The summed E-state index contributed by atoms with van der Waals surface area (Å²) in [7, 11) is 0. The van der Waals surface area contributed by atoms with Crippen LogP contribution in [0.3, 0.4) is 0 Å². The highest BCUT2D eigenvalue weighted by molar-refractivity contribution is 5.48. The average molecular weight is 284 g/mol. The maximum Gasteiger partial charge on any atom is 0.149 e. The largest absolute Gasteiger partial charge is 0.380 e. The van der Waals surface area contributed by atoms with Crippen LogP contribution in [0.1, 0.15) is 13.3 Å². The molecule has 1 aromatic carbocycles. The zero-order valence-electron chi connectivity index (χ0n) is 11.9. The third kappa shape index (κ3) is 4.15. The molecule has 0 atom stereocenters. The maximum atomic E-state index is 13.7. The fraction of sp³-hybridized carbons (Fsp3) is 0.600. The monoisotopic (exact) mass is 284 g/mol. The standard InChI is InChI=1S/C15H22F2N2O/c1-2-10-20-11-9-18-5-7-19(8-6-18)15-4-3-13(16)12-14(15)17/h3-4,12H,2,5-11H2,1H3. The summed E-state index contributed by atoms with van der Waals surface area (Å²) >= 11 is 0. The number of rotatable bonds is 6. The second kappa shape index (κ2) is 7.55. The highest BCUT2D eigenvalue weighted by Gasteiger charge is 2.19. The van der Waals surface area contributed by atoms with Crippen LogP contribution in [0.25, 0.3) is 0 Å². The van der Waals surface area contributed by atoms with Crippen LogP contribution in [-0.2, 0) is 4.74 Å². The molecule has 0 unspecified atom stereocenters. The van der Waals surface area contributed by atoms with E-state index < -0.39 is 11.6 Å². The molecule has 0 aliphatic carbocycles. The Bertz CT molecular complexity index is 420. The van der Waals surface area contributed by atoms with Gasteiger partial charge in [0.25, 0.3) is 0 Å². The predicted octanol–water partition coefficient (Wildman–Crippen LogP) is 2.51. The molecule has 1 aromatic rings. The highest BCUT2D eigenvalue weighted by atomic mass is 19.1. The number of piperazine rings is 1. The van der Waals surface area contributed by atoms with E-state index in [1.165, 1.54) is 12.1 Å². The van der Waals surface area contributed by atoms with Crippen LogP contribution in [0.5, 0.6) is 0 Å². The molecule has 2 rings (SSSR count). The molecule has 0 N–H and O–H groups in total. The first-order valence-corrected chi connectivity index (χ1v) is 7.21. The Hall–Kier alpha value is -1.20. The first-order chi connectivity index (χ1) is 9.70. The summed E-state index contributed by atoms with van der Waals surface area (Å²) in [6.45, 7) is 7.85. The van der Waals surface area contributed by atoms with Gasteiger partial charge in [0.1, 0.15) is 11.6 Å². The molecule has 0 radical (unpaired) electrons. The molecule has 20 heavy (non-hydrogen) atoms. The molecule has 3 nitrogen and oxygen atoms in total. The number of benzene rings is 1. The Balaban J connectivity index is 1.79. The minimum absolute atomic E-state index is 0.482. The predicted molar refractivity (Wildman–Crippen MR) is 76.1 cm³/mol. The van der Waals surface area contributed by atoms with Gasteiger partial charge in [0.2, 0.25) is 0 Å². The molecule has 112 valence electrons. The summed E-state index contributed by atoms with van der Waals surface area (Å²) < 4.78 is 32.1. The first-order valence-electron chi connectivity index (χ1n) is 7.21. The topological polar surface area (TPSA) is 15.7 Å². The number of hydrogen-bond acceptors (Lipinski definition) is 3. The van der Waals surface area contributed by atoms with Gasteiger partial charge in [-0.2, -0.15) is 0 Å². The minimum Gasteiger partial charge on any atom is -0.380 e. The summed E-state index contributed by atoms with van der Waals surface area (Å²) in [5.41, 5.74) is 0.494. The van der Waals surface area contributed by atoms with E-state index in [1.807, 2.05) is 4.90 Å². The summed E-state index contributed by atoms with van der Waals surface area (Å²) in [6.07, 6.45) is 1.04. The van der Waals surface area contributed by atoms with Crippen LogP contribution in [-0.4, -0.2) is 50.8 Å². The van der Waals surface area contributed by atoms with Crippen molar-refractivity contribution in [2.24, 2.45) is 0 Å². The third-order valence-electron chi connectivity index (χ3n) is 3.52. The normalized spacial score (nSPS) is 16.6. The Labute approximate surface area is 119 Å². The summed E-state index contributed by atoms with van der Waals surface area (Å²) in [5, 5.41) is 0. The van der Waals surface area contributed by atoms with Crippen molar-refractivity contribution < 1.29 is 13.5 Å². The third-order valence-corrected chi connectivity index (χ3v) is 3.52. The molecular weight excluding hydrogens is 262 g/mol. The number of hydrogen-bond donors (Lipinski definition) is 0. The number of nitrogens with zero attached hydrogens (tertiary/aromatic N) is 2. The zero-order valence-corrected chi connectivity index (χ0v) is 11.9. The van der Waals surface area contributed by atoms with E-state index >= 15 is 0 Å². The second-order valence-corrected chi connectivity index (χ2v) is 5.04. The van der Waals surface area contributed by atoms with Gasteiger partial charge in [0.05, 0.1) is 12.3 Å². The lowest BCUT2D eigenvalue weighted by atomic mass is 10.2. The lowest BCUT2D eigenvalue weighted by molar-refractivity contribution is 0.102. The van der Waals surface area contributed by atoms with Gasteiger partial charge in [-0.15, -0.1) is 0 Å². The zero-order chi connectivity index (χ0) is 14.4. The lowest BCUT2D eigenvalue weighted by Gasteiger charge is -2.36. The summed E-state index contributed by atoms with van der Waals surface area (Å²) in [4.78, 5) is 4.28. The Morgan fingerprint density at radius 1 is 1.10 bits per heavy atom. The van der Waals surface area contributed by atoms with E-state index in [9.17, 15) is 8.78 Å². The van der Waals surface area contributed by atoms with E-state index in [4.69, 9.17) is 4.74 Å². The number of anilines is 1. The molecule has 1 heterocycles. The van der Waals surface area contributed by atoms with Crippen molar-refractivity contribution >= 4 is 5.69 Å². The van der Waals surface area contributed by atoms with Crippen LogP contribution >= 0.6 is 0 Å². The fourth-order valence-corrected chi connectivity index (χ4v) is 2.39. The van der Waals surface area contributed by atoms with Crippen molar-refractivity contribution in [2.75, 3.05) is 50.8 Å². The van der Waals surface area contributed by atoms with E-state index in [1.54, 1.807) is 0 Å².